The van der Waals surface area contributed by atoms with Crippen molar-refractivity contribution in [2.24, 2.45) is 0 Å². The van der Waals surface area contributed by atoms with Crippen LogP contribution < -0.4 is 9.64 Å². The molecular formula is C20H24ClN3O2S. The average molecular weight is 406 g/mol. The highest BCUT2D eigenvalue weighted by atomic mass is 35.5. The predicted molar refractivity (Wildman–Crippen MR) is 115 cm³/mol. The van der Waals surface area contributed by atoms with Crippen molar-refractivity contribution in [3.63, 3.8) is 0 Å². The van der Waals surface area contributed by atoms with Gasteiger partial charge in [0.2, 0.25) is 0 Å². The molecule has 1 amide bonds. The Hall–Kier alpha value is -2.15. The Morgan fingerprint density at radius 3 is 2.41 bits per heavy atom. The lowest BCUT2D eigenvalue weighted by Crippen LogP contribution is -2.33. The number of hydrogen-bond acceptors (Lipinski definition) is 5. The zero-order valence-corrected chi connectivity index (χ0v) is 17.3. The van der Waals surface area contributed by atoms with Crippen LogP contribution in [-0.2, 0) is 0 Å². The third kappa shape index (κ3) is 5.19. The Morgan fingerprint density at radius 1 is 1.07 bits per heavy atom. The molecule has 0 atom stereocenters. The van der Waals surface area contributed by atoms with Gasteiger partial charge in [0.15, 0.2) is 5.13 Å². The number of anilines is 1. The van der Waals surface area contributed by atoms with E-state index in [0.29, 0.717) is 12.1 Å². The summed E-state index contributed by atoms with van der Waals surface area (Å²) in [4.78, 5) is 21.7. The first-order valence-corrected chi connectivity index (χ1v) is 9.36. The van der Waals surface area contributed by atoms with Gasteiger partial charge in [0, 0.05) is 12.1 Å². The van der Waals surface area contributed by atoms with Crippen LogP contribution in [0.15, 0.2) is 48.5 Å². The van der Waals surface area contributed by atoms with Gasteiger partial charge in [0.05, 0.1) is 17.3 Å². The molecule has 0 aliphatic rings. The standard InChI is InChI=1S/C20H23N3O2S.ClH/c1-22(2)13-6-14-23(19(24)15-9-11-16(25-3)12-10-15)20-21-17-7-4-5-8-18(17)26-20;/h4-5,7-12H,6,13-14H2,1-3H3;1H. The molecule has 0 bridgehead atoms. The smallest absolute Gasteiger partial charge is 0.260 e. The fourth-order valence-electron chi connectivity index (χ4n) is 2.69. The minimum atomic E-state index is -0.0366. The van der Waals surface area contributed by atoms with Gasteiger partial charge < -0.3 is 9.64 Å². The van der Waals surface area contributed by atoms with Gasteiger partial charge in [-0.3, -0.25) is 9.69 Å². The number of amides is 1. The Labute approximate surface area is 170 Å². The van der Waals surface area contributed by atoms with Gasteiger partial charge >= 0.3 is 0 Å². The van der Waals surface area contributed by atoms with Crippen LogP contribution in [0, 0.1) is 0 Å². The number of carbonyl (C=O) groups is 1. The molecule has 144 valence electrons. The van der Waals surface area contributed by atoms with E-state index >= 15 is 0 Å². The van der Waals surface area contributed by atoms with E-state index in [-0.39, 0.29) is 18.3 Å². The molecule has 0 aliphatic carbocycles. The largest absolute Gasteiger partial charge is 0.497 e. The SMILES string of the molecule is COc1ccc(C(=O)N(CCCN(C)C)c2nc3ccccc3s2)cc1.Cl. The molecule has 2 aromatic carbocycles. The van der Waals surface area contributed by atoms with Gasteiger partial charge in [-0.05, 0) is 63.5 Å². The van der Waals surface area contributed by atoms with Crippen molar-refractivity contribution in [1.29, 1.82) is 0 Å². The highest BCUT2D eigenvalue weighted by molar-refractivity contribution is 7.22. The summed E-state index contributed by atoms with van der Waals surface area (Å²) >= 11 is 1.55. The molecule has 3 aromatic rings. The third-order valence-electron chi connectivity index (χ3n) is 4.08. The quantitative estimate of drug-likeness (QED) is 0.587. The number of halogens is 1. The topological polar surface area (TPSA) is 45.7 Å². The molecule has 3 rings (SSSR count). The Morgan fingerprint density at radius 2 is 1.78 bits per heavy atom. The molecule has 0 radical (unpaired) electrons. The van der Waals surface area contributed by atoms with Crippen molar-refractivity contribution in [3.05, 3.63) is 54.1 Å². The summed E-state index contributed by atoms with van der Waals surface area (Å²) in [7, 11) is 5.69. The number of thiazole rings is 1. The first-order chi connectivity index (χ1) is 12.6. The van der Waals surface area contributed by atoms with Crippen LogP contribution in [0.2, 0.25) is 0 Å². The highest BCUT2D eigenvalue weighted by Crippen LogP contribution is 2.30. The van der Waals surface area contributed by atoms with Crippen molar-refractivity contribution in [1.82, 2.24) is 9.88 Å². The van der Waals surface area contributed by atoms with Crippen molar-refractivity contribution in [3.8, 4) is 5.75 Å². The van der Waals surface area contributed by atoms with Crippen LogP contribution in [0.5, 0.6) is 5.75 Å². The molecule has 0 N–H and O–H groups in total. The van der Waals surface area contributed by atoms with E-state index in [4.69, 9.17) is 4.74 Å². The number of aromatic nitrogens is 1. The summed E-state index contributed by atoms with van der Waals surface area (Å²) in [6.07, 6.45) is 0.880. The van der Waals surface area contributed by atoms with Crippen LogP contribution in [0.4, 0.5) is 5.13 Å². The normalized spacial score (nSPS) is 10.7. The van der Waals surface area contributed by atoms with E-state index in [1.54, 1.807) is 35.5 Å². The maximum Gasteiger partial charge on any atom is 0.260 e. The molecule has 0 spiro atoms. The number of hydrogen-bond donors (Lipinski definition) is 0. The second kappa shape index (κ2) is 9.69. The van der Waals surface area contributed by atoms with Crippen molar-refractivity contribution in [2.45, 2.75) is 6.42 Å². The van der Waals surface area contributed by atoms with E-state index in [1.807, 2.05) is 50.5 Å². The minimum absolute atomic E-state index is 0. The molecule has 27 heavy (non-hydrogen) atoms. The maximum atomic E-state index is 13.1. The second-order valence-corrected chi connectivity index (χ2v) is 7.32. The molecule has 5 nitrogen and oxygen atoms in total. The monoisotopic (exact) mass is 405 g/mol. The number of benzene rings is 2. The first-order valence-electron chi connectivity index (χ1n) is 8.54. The van der Waals surface area contributed by atoms with E-state index in [2.05, 4.69) is 9.88 Å². The maximum absolute atomic E-state index is 13.1. The Balaban J connectivity index is 0.00000261. The van der Waals surface area contributed by atoms with Crippen LogP contribution in [0.1, 0.15) is 16.8 Å². The molecule has 0 fully saturated rings. The van der Waals surface area contributed by atoms with Crippen LogP contribution in [-0.4, -0.2) is 50.1 Å². The molecule has 0 unspecified atom stereocenters. The number of para-hydroxylation sites is 1. The van der Waals surface area contributed by atoms with E-state index in [0.717, 1.165) is 34.1 Å². The van der Waals surface area contributed by atoms with Gasteiger partial charge in [-0.1, -0.05) is 23.5 Å². The molecule has 1 heterocycles. The van der Waals surface area contributed by atoms with Crippen molar-refractivity contribution in [2.75, 3.05) is 39.2 Å². The van der Waals surface area contributed by atoms with Crippen molar-refractivity contribution >= 4 is 45.0 Å². The summed E-state index contributed by atoms with van der Waals surface area (Å²) in [5.74, 6) is 0.700. The van der Waals surface area contributed by atoms with E-state index in [9.17, 15) is 4.79 Å². The molecular weight excluding hydrogens is 382 g/mol. The summed E-state index contributed by atoms with van der Waals surface area (Å²) in [5, 5.41) is 0.741. The summed E-state index contributed by atoms with van der Waals surface area (Å²) in [6, 6.07) is 15.2. The van der Waals surface area contributed by atoms with Gasteiger partial charge in [-0.25, -0.2) is 4.98 Å². The van der Waals surface area contributed by atoms with E-state index < -0.39 is 0 Å². The predicted octanol–water partition coefficient (Wildman–Crippen LogP) is 4.33. The van der Waals surface area contributed by atoms with Crippen LogP contribution in [0.25, 0.3) is 10.2 Å². The lowest BCUT2D eigenvalue weighted by atomic mass is 10.2. The molecule has 0 saturated heterocycles. The second-order valence-electron chi connectivity index (χ2n) is 6.31. The third-order valence-corrected chi connectivity index (χ3v) is 5.14. The molecule has 1 aromatic heterocycles. The van der Waals surface area contributed by atoms with Gasteiger partial charge in [0.1, 0.15) is 5.75 Å². The lowest BCUT2D eigenvalue weighted by molar-refractivity contribution is 0.0986. The average Bonchev–Trinajstić information content (AvgIpc) is 3.08. The summed E-state index contributed by atoms with van der Waals surface area (Å²) < 4.78 is 6.27. The Kier molecular flexibility index (Phi) is 7.59. The van der Waals surface area contributed by atoms with Gasteiger partial charge in [-0.15, -0.1) is 12.4 Å². The fraction of sp³-hybridized carbons (Fsp3) is 0.300. The zero-order valence-electron chi connectivity index (χ0n) is 15.7. The lowest BCUT2D eigenvalue weighted by Gasteiger charge is -2.21. The molecule has 7 heteroatoms. The Bertz CT molecular complexity index is 847. The minimum Gasteiger partial charge on any atom is -0.497 e. The molecule has 0 aliphatic heterocycles. The number of fused-ring (bicyclic) bond motifs is 1. The number of methoxy groups -OCH3 is 1. The molecule has 0 saturated carbocycles. The number of carbonyl (C=O) groups excluding carboxylic acids is 1. The highest BCUT2D eigenvalue weighted by Gasteiger charge is 2.21. The first kappa shape index (κ1) is 21.2. The number of rotatable bonds is 7. The number of nitrogens with zero attached hydrogens (tertiary/aromatic N) is 3. The van der Waals surface area contributed by atoms with E-state index in [1.165, 1.54) is 0 Å². The van der Waals surface area contributed by atoms with Crippen LogP contribution in [0.3, 0.4) is 0 Å². The van der Waals surface area contributed by atoms with Crippen LogP contribution >= 0.6 is 23.7 Å². The summed E-state index contributed by atoms with van der Waals surface area (Å²) in [5.41, 5.74) is 1.56. The van der Waals surface area contributed by atoms with Crippen molar-refractivity contribution < 1.29 is 9.53 Å². The van der Waals surface area contributed by atoms with Gasteiger partial charge in [-0.2, -0.15) is 0 Å². The number of ether oxygens (including phenoxy) is 1. The zero-order chi connectivity index (χ0) is 18.5. The summed E-state index contributed by atoms with van der Waals surface area (Å²) in [6.45, 7) is 1.54. The van der Waals surface area contributed by atoms with Gasteiger partial charge in [0.25, 0.3) is 5.91 Å². The fourth-order valence-corrected chi connectivity index (χ4v) is 3.68.